The Morgan fingerprint density at radius 1 is 1.26 bits per heavy atom. The number of nitrogens with one attached hydrogen (secondary N) is 1. The minimum Gasteiger partial charge on any atom is -0.488 e. The van der Waals surface area contributed by atoms with Crippen LogP contribution in [0.15, 0.2) is 71.1 Å². The summed E-state index contributed by atoms with van der Waals surface area (Å²) in [6.45, 7) is 3.94. The van der Waals surface area contributed by atoms with E-state index in [1.807, 2.05) is 6.07 Å². The van der Waals surface area contributed by atoms with Crippen molar-refractivity contribution < 1.29 is 14.3 Å². The number of rotatable bonds is 5. The molecule has 1 saturated heterocycles. The van der Waals surface area contributed by atoms with Crippen LogP contribution >= 0.6 is 23.4 Å². The number of carbonyl (C=O) groups excluding carboxylic acids is 2. The molecule has 136 valence electrons. The highest BCUT2D eigenvalue weighted by Crippen LogP contribution is 2.30. The van der Waals surface area contributed by atoms with Crippen LogP contribution in [0.4, 0.5) is 0 Å². The number of aliphatic imine (C=N–C) groups is 1. The quantitative estimate of drug-likeness (QED) is 0.602. The first kappa shape index (κ1) is 18.9. The fourth-order valence-electron chi connectivity index (χ4n) is 2.24. The van der Waals surface area contributed by atoms with Gasteiger partial charge in [-0.1, -0.05) is 48.5 Å². The summed E-state index contributed by atoms with van der Waals surface area (Å²) in [5, 5.41) is 3.28. The molecule has 0 atom stereocenters. The van der Waals surface area contributed by atoms with Crippen LogP contribution in [0.5, 0.6) is 5.75 Å². The Balaban J connectivity index is 1.75. The van der Waals surface area contributed by atoms with Crippen LogP contribution in [0.2, 0.25) is 5.02 Å². The van der Waals surface area contributed by atoms with Crippen LogP contribution in [0, 0.1) is 0 Å². The van der Waals surface area contributed by atoms with Crippen LogP contribution in [0.25, 0.3) is 6.08 Å². The molecule has 1 heterocycles. The van der Waals surface area contributed by atoms with Crippen molar-refractivity contribution in [1.82, 2.24) is 5.32 Å². The predicted octanol–water partition coefficient (Wildman–Crippen LogP) is 4.31. The number of carbonyl (C=O) groups is 2. The molecule has 0 spiro atoms. The van der Waals surface area contributed by atoms with E-state index in [2.05, 4.69) is 16.9 Å². The van der Waals surface area contributed by atoms with Gasteiger partial charge in [0.25, 0.3) is 11.8 Å². The normalized spacial score (nSPS) is 16.4. The molecule has 5 nitrogen and oxygen atoms in total. The SMILES string of the molecule is C=CCOc1ccc(/C=C2\SC(=NC(=O)c3ccccc3)NC2=O)cc1Cl. The number of thioether (sulfide) groups is 1. The van der Waals surface area contributed by atoms with Gasteiger partial charge in [-0.3, -0.25) is 9.59 Å². The highest BCUT2D eigenvalue weighted by atomic mass is 35.5. The monoisotopic (exact) mass is 398 g/mol. The van der Waals surface area contributed by atoms with Crippen molar-refractivity contribution in [3.8, 4) is 5.75 Å². The second-order valence-corrected chi connectivity index (χ2v) is 6.88. The molecule has 3 rings (SSSR count). The van der Waals surface area contributed by atoms with E-state index in [-0.39, 0.29) is 11.1 Å². The Kier molecular flexibility index (Phi) is 6.11. The Hall–Kier alpha value is -2.83. The van der Waals surface area contributed by atoms with Gasteiger partial charge in [-0.05, 0) is 47.7 Å². The van der Waals surface area contributed by atoms with Crippen molar-refractivity contribution >= 4 is 46.4 Å². The molecule has 1 N–H and O–H groups in total. The lowest BCUT2D eigenvalue weighted by atomic mass is 10.2. The average molecular weight is 399 g/mol. The molecular weight excluding hydrogens is 384 g/mol. The number of hydrogen-bond donors (Lipinski definition) is 1. The minimum atomic E-state index is -0.411. The van der Waals surface area contributed by atoms with Crippen molar-refractivity contribution in [2.75, 3.05) is 6.61 Å². The first-order valence-electron chi connectivity index (χ1n) is 7.99. The fourth-order valence-corrected chi connectivity index (χ4v) is 3.30. The van der Waals surface area contributed by atoms with Crippen LogP contribution in [0.1, 0.15) is 15.9 Å². The standard InChI is InChI=1S/C20H15ClN2O3S/c1-2-10-26-16-9-8-13(11-15(16)21)12-17-19(25)23-20(27-17)22-18(24)14-6-4-3-5-7-14/h2-9,11-12H,1,10H2,(H,22,23,24,25)/b17-12-. The van der Waals surface area contributed by atoms with Crippen molar-refractivity contribution in [1.29, 1.82) is 0 Å². The van der Waals surface area contributed by atoms with Crippen molar-refractivity contribution in [3.05, 3.63) is 82.2 Å². The molecule has 2 aromatic rings. The van der Waals surface area contributed by atoms with E-state index >= 15 is 0 Å². The van der Waals surface area contributed by atoms with E-state index in [0.717, 1.165) is 17.3 Å². The Bertz CT molecular complexity index is 955. The molecule has 7 heteroatoms. The van der Waals surface area contributed by atoms with E-state index in [9.17, 15) is 9.59 Å². The maximum absolute atomic E-state index is 12.1. The maximum Gasteiger partial charge on any atom is 0.279 e. The van der Waals surface area contributed by atoms with E-state index in [4.69, 9.17) is 16.3 Å². The molecule has 0 bridgehead atoms. The number of amides is 2. The number of nitrogens with zero attached hydrogens (tertiary/aromatic N) is 1. The minimum absolute atomic E-state index is 0.247. The van der Waals surface area contributed by atoms with Gasteiger partial charge in [-0.2, -0.15) is 4.99 Å². The number of benzene rings is 2. The van der Waals surface area contributed by atoms with Crippen molar-refractivity contribution in [3.63, 3.8) is 0 Å². The molecule has 1 aliphatic heterocycles. The lowest BCUT2D eigenvalue weighted by Crippen LogP contribution is -2.20. The molecule has 27 heavy (non-hydrogen) atoms. The Labute approximate surface area is 165 Å². The Morgan fingerprint density at radius 3 is 2.74 bits per heavy atom. The van der Waals surface area contributed by atoms with Gasteiger partial charge < -0.3 is 10.1 Å². The summed E-state index contributed by atoms with van der Waals surface area (Å²) in [6, 6.07) is 13.9. The summed E-state index contributed by atoms with van der Waals surface area (Å²) in [4.78, 5) is 28.7. The zero-order valence-electron chi connectivity index (χ0n) is 14.1. The summed E-state index contributed by atoms with van der Waals surface area (Å²) in [5.74, 6) is -0.188. The molecule has 0 saturated carbocycles. The van der Waals surface area contributed by atoms with Crippen LogP contribution < -0.4 is 10.1 Å². The molecule has 1 aliphatic rings. The zero-order valence-corrected chi connectivity index (χ0v) is 15.7. The summed E-state index contributed by atoms with van der Waals surface area (Å²) in [7, 11) is 0. The van der Waals surface area contributed by atoms with Crippen molar-refractivity contribution in [2.45, 2.75) is 0 Å². The zero-order chi connectivity index (χ0) is 19.2. The van der Waals surface area contributed by atoms with Crippen molar-refractivity contribution in [2.24, 2.45) is 4.99 Å². The number of halogens is 1. The maximum atomic E-state index is 12.1. The first-order valence-corrected chi connectivity index (χ1v) is 9.18. The summed E-state index contributed by atoms with van der Waals surface area (Å²) in [6.07, 6.45) is 3.31. The lowest BCUT2D eigenvalue weighted by molar-refractivity contribution is -0.115. The second kappa shape index (κ2) is 8.70. The van der Waals surface area contributed by atoms with Gasteiger partial charge in [0.15, 0.2) is 5.17 Å². The van der Waals surface area contributed by atoms with Gasteiger partial charge in [-0.25, -0.2) is 0 Å². The van der Waals surface area contributed by atoms with E-state index in [1.54, 1.807) is 54.6 Å². The van der Waals surface area contributed by atoms with Gasteiger partial charge >= 0.3 is 0 Å². The summed E-state index contributed by atoms with van der Waals surface area (Å²) in [5.41, 5.74) is 1.19. The third-order valence-corrected chi connectivity index (χ3v) is 4.69. The van der Waals surface area contributed by atoms with E-state index in [0.29, 0.717) is 27.8 Å². The van der Waals surface area contributed by atoms with Gasteiger partial charge in [0.1, 0.15) is 12.4 Å². The van der Waals surface area contributed by atoms with Gasteiger partial charge in [0, 0.05) is 5.56 Å². The highest BCUT2D eigenvalue weighted by molar-refractivity contribution is 8.18. The predicted molar refractivity (Wildman–Crippen MR) is 109 cm³/mol. The summed E-state index contributed by atoms with van der Waals surface area (Å²) >= 11 is 7.29. The van der Waals surface area contributed by atoms with E-state index < -0.39 is 5.91 Å². The second-order valence-electron chi connectivity index (χ2n) is 5.44. The molecule has 0 aliphatic carbocycles. The van der Waals surface area contributed by atoms with Crippen LogP contribution in [-0.2, 0) is 4.79 Å². The molecular formula is C20H15ClN2O3S. The molecule has 2 amide bonds. The summed E-state index contributed by atoms with van der Waals surface area (Å²) < 4.78 is 5.42. The number of hydrogen-bond acceptors (Lipinski definition) is 4. The average Bonchev–Trinajstić information content (AvgIpc) is 3.00. The fraction of sp³-hybridized carbons (Fsp3) is 0.0500. The molecule has 0 unspecified atom stereocenters. The molecule has 0 aromatic heterocycles. The van der Waals surface area contributed by atoms with Gasteiger partial charge in [0.05, 0.1) is 9.93 Å². The molecule has 1 fully saturated rings. The first-order chi connectivity index (χ1) is 13.1. The number of ether oxygens (including phenoxy) is 1. The smallest absolute Gasteiger partial charge is 0.279 e. The van der Waals surface area contributed by atoms with Gasteiger partial charge in [-0.15, -0.1) is 0 Å². The van der Waals surface area contributed by atoms with Gasteiger partial charge in [0.2, 0.25) is 0 Å². The Morgan fingerprint density at radius 2 is 2.04 bits per heavy atom. The largest absolute Gasteiger partial charge is 0.488 e. The van der Waals surface area contributed by atoms with Crippen LogP contribution in [-0.4, -0.2) is 23.6 Å². The molecule has 0 radical (unpaired) electrons. The lowest BCUT2D eigenvalue weighted by Gasteiger charge is -2.06. The third kappa shape index (κ3) is 4.87. The topological polar surface area (TPSA) is 67.8 Å². The van der Waals surface area contributed by atoms with E-state index in [1.165, 1.54) is 0 Å². The molecule has 2 aromatic carbocycles. The number of amidine groups is 1. The highest BCUT2D eigenvalue weighted by Gasteiger charge is 2.24. The van der Waals surface area contributed by atoms with Crippen LogP contribution in [0.3, 0.4) is 0 Å². The third-order valence-electron chi connectivity index (χ3n) is 3.49.